The minimum absolute atomic E-state index is 0.208. The monoisotopic (exact) mass is 308 g/mol. The average Bonchev–Trinajstić information content (AvgIpc) is 3.05. The van der Waals surface area contributed by atoms with Crippen LogP contribution in [0.3, 0.4) is 0 Å². The summed E-state index contributed by atoms with van der Waals surface area (Å²) in [7, 11) is 0. The lowest BCUT2D eigenvalue weighted by Crippen LogP contribution is -2.26. The Bertz CT molecular complexity index is 757. The van der Waals surface area contributed by atoms with Gasteiger partial charge in [-0.2, -0.15) is 5.10 Å². The van der Waals surface area contributed by atoms with Crippen LogP contribution in [0.25, 0.3) is 4.85 Å². The van der Waals surface area contributed by atoms with Crippen LogP contribution in [0.4, 0.5) is 10.5 Å². The van der Waals surface area contributed by atoms with Gasteiger partial charge in [-0.05, 0) is 30.3 Å². The third kappa shape index (κ3) is 2.44. The molecular formula is C17H16N4O2. The van der Waals surface area contributed by atoms with E-state index in [4.69, 9.17) is 11.3 Å². The highest BCUT2D eigenvalue weighted by Crippen LogP contribution is 2.49. The van der Waals surface area contributed by atoms with E-state index < -0.39 is 0 Å². The Balaban J connectivity index is 1.48. The molecule has 116 valence electrons. The number of anilines is 1. The molecule has 1 saturated carbocycles. The Labute approximate surface area is 134 Å². The molecule has 1 saturated heterocycles. The highest BCUT2D eigenvalue weighted by molar-refractivity contribution is 5.89. The zero-order chi connectivity index (χ0) is 15.9. The molecule has 1 aliphatic carbocycles. The topological polar surface area (TPSA) is 51.7 Å². The summed E-state index contributed by atoms with van der Waals surface area (Å²) in [5, 5.41) is 4.14. The fraction of sp³-hybridized carbons (Fsp3) is 0.353. The predicted molar refractivity (Wildman–Crippen MR) is 83.8 cm³/mol. The minimum atomic E-state index is -0.332. The van der Waals surface area contributed by atoms with E-state index in [0.717, 1.165) is 24.1 Å². The maximum Gasteiger partial charge on any atom is 0.414 e. The highest BCUT2D eigenvalue weighted by atomic mass is 16.6. The van der Waals surface area contributed by atoms with E-state index in [2.05, 4.69) is 9.94 Å². The number of aromatic nitrogens is 2. The first kappa shape index (κ1) is 13.8. The molecule has 0 bridgehead atoms. The van der Waals surface area contributed by atoms with Crippen molar-refractivity contribution in [3.63, 3.8) is 0 Å². The minimum Gasteiger partial charge on any atom is -0.442 e. The summed E-state index contributed by atoms with van der Waals surface area (Å²) >= 11 is 0. The van der Waals surface area contributed by atoms with Crippen molar-refractivity contribution in [2.75, 3.05) is 11.4 Å². The van der Waals surface area contributed by atoms with Crippen molar-refractivity contribution in [2.45, 2.75) is 31.0 Å². The summed E-state index contributed by atoms with van der Waals surface area (Å²) in [6.07, 6.45) is 4.87. The molecule has 2 aliphatic rings. The van der Waals surface area contributed by atoms with Gasteiger partial charge in [0.15, 0.2) is 0 Å². The third-order valence-corrected chi connectivity index (χ3v) is 4.48. The van der Waals surface area contributed by atoms with Crippen LogP contribution in [-0.2, 0) is 16.8 Å². The molecule has 1 aromatic carbocycles. The van der Waals surface area contributed by atoms with Crippen molar-refractivity contribution in [3.05, 3.63) is 59.7 Å². The maximum absolute atomic E-state index is 12.1. The van der Waals surface area contributed by atoms with Crippen molar-refractivity contribution in [1.82, 2.24) is 9.78 Å². The molecule has 2 aromatic rings. The van der Waals surface area contributed by atoms with Gasteiger partial charge in [0, 0.05) is 36.5 Å². The summed E-state index contributed by atoms with van der Waals surface area (Å²) in [5.41, 5.74) is 1.53. The first-order valence-corrected chi connectivity index (χ1v) is 7.65. The van der Waals surface area contributed by atoms with Gasteiger partial charge in [0.25, 0.3) is 5.54 Å². The third-order valence-electron chi connectivity index (χ3n) is 4.48. The lowest BCUT2D eigenvalue weighted by Gasteiger charge is -2.14. The number of amides is 1. The molecule has 0 N–H and O–H groups in total. The van der Waals surface area contributed by atoms with Gasteiger partial charge >= 0.3 is 6.09 Å². The number of cyclic esters (lactones) is 1. The van der Waals surface area contributed by atoms with E-state index in [-0.39, 0.29) is 17.7 Å². The van der Waals surface area contributed by atoms with Crippen LogP contribution in [0.1, 0.15) is 18.4 Å². The predicted octanol–water partition coefficient (Wildman–Crippen LogP) is 2.82. The van der Waals surface area contributed by atoms with E-state index in [1.165, 1.54) is 0 Å². The van der Waals surface area contributed by atoms with Gasteiger partial charge in [-0.25, -0.2) is 11.4 Å². The molecule has 4 rings (SSSR count). The molecule has 0 spiro atoms. The summed E-state index contributed by atoms with van der Waals surface area (Å²) in [6, 6.07) is 9.55. The molecule has 1 unspecified atom stereocenters. The van der Waals surface area contributed by atoms with Crippen molar-refractivity contribution in [3.8, 4) is 0 Å². The van der Waals surface area contributed by atoms with Gasteiger partial charge in [0.05, 0.1) is 13.1 Å². The van der Waals surface area contributed by atoms with Crippen LogP contribution in [-0.4, -0.2) is 28.5 Å². The summed E-state index contributed by atoms with van der Waals surface area (Å²) in [5.74, 6) is 0. The first-order valence-electron chi connectivity index (χ1n) is 7.65. The van der Waals surface area contributed by atoms with Crippen molar-refractivity contribution in [2.24, 2.45) is 0 Å². The van der Waals surface area contributed by atoms with Gasteiger partial charge in [-0.15, -0.1) is 0 Å². The SMILES string of the molecule is [C-]#[N+]C1(c2ccc(N3CC(Cn4cccn4)OC3=O)cc2)CC1. The van der Waals surface area contributed by atoms with E-state index in [0.29, 0.717) is 13.1 Å². The Morgan fingerprint density at radius 2 is 2.13 bits per heavy atom. The molecule has 0 radical (unpaired) electrons. The Morgan fingerprint density at radius 1 is 1.35 bits per heavy atom. The van der Waals surface area contributed by atoms with Crippen LogP contribution >= 0.6 is 0 Å². The lowest BCUT2D eigenvalue weighted by atomic mass is 10.1. The molecule has 2 fully saturated rings. The fourth-order valence-corrected chi connectivity index (χ4v) is 2.98. The quantitative estimate of drug-likeness (QED) is 0.816. The summed E-state index contributed by atoms with van der Waals surface area (Å²) in [4.78, 5) is 17.5. The van der Waals surface area contributed by atoms with E-state index in [9.17, 15) is 4.79 Å². The molecule has 6 nitrogen and oxygen atoms in total. The summed E-state index contributed by atoms with van der Waals surface area (Å²) < 4.78 is 7.17. The zero-order valence-corrected chi connectivity index (χ0v) is 12.6. The number of nitrogens with zero attached hydrogens (tertiary/aromatic N) is 4. The number of carbonyl (C=O) groups excluding carboxylic acids is 1. The van der Waals surface area contributed by atoms with Crippen LogP contribution in [0.5, 0.6) is 0 Å². The number of ether oxygens (including phenoxy) is 1. The van der Waals surface area contributed by atoms with Crippen LogP contribution < -0.4 is 4.90 Å². The molecule has 1 aliphatic heterocycles. The smallest absolute Gasteiger partial charge is 0.414 e. The number of hydrogen-bond donors (Lipinski definition) is 0. The molecular weight excluding hydrogens is 292 g/mol. The molecule has 1 amide bonds. The van der Waals surface area contributed by atoms with E-state index >= 15 is 0 Å². The molecule has 2 heterocycles. The molecule has 1 aromatic heterocycles. The molecule has 1 atom stereocenters. The van der Waals surface area contributed by atoms with Gasteiger partial charge < -0.3 is 9.58 Å². The van der Waals surface area contributed by atoms with Crippen molar-refractivity contribution in [1.29, 1.82) is 0 Å². The standard InChI is InChI=1S/C17H16N4O2/c1-18-17(7-8-17)13-3-5-14(6-4-13)21-12-15(23-16(21)22)11-20-10-2-9-19-20/h2-6,9-10,15H,7-8,11-12H2. The van der Waals surface area contributed by atoms with Crippen molar-refractivity contribution < 1.29 is 9.53 Å². The molecule has 6 heteroatoms. The van der Waals surface area contributed by atoms with Gasteiger partial charge in [0.1, 0.15) is 6.10 Å². The van der Waals surface area contributed by atoms with Crippen molar-refractivity contribution >= 4 is 11.8 Å². The summed E-state index contributed by atoms with van der Waals surface area (Å²) in [6.45, 7) is 8.37. The van der Waals surface area contributed by atoms with Crippen LogP contribution in [0, 0.1) is 6.57 Å². The number of benzene rings is 1. The molecule has 23 heavy (non-hydrogen) atoms. The average molecular weight is 308 g/mol. The fourth-order valence-electron chi connectivity index (χ4n) is 2.98. The van der Waals surface area contributed by atoms with Crippen LogP contribution in [0.2, 0.25) is 0 Å². The van der Waals surface area contributed by atoms with E-state index in [1.54, 1.807) is 15.8 Å². The van der Waals surface area contributed by atoms with Gasteiger partial charge in [0.2, 0.25) is 0 Å². The Hall–Kier alpha value is -2.81. The number of hydrogen-bond acceptors (Lipinski definition) is 3. The van der Waals surface area contributed by atoms with Gasteiger partial charge in [-0.3, -0.25) is 9.58 Å². The van der Waals surface area contributed by atoms with Gasteiger partial charge in [-0.1, -0.05) is 0 Å². The maximum atomic E-state index is 12.1. The highest BCUT2D eigenvalue weighted by Gasteiger charge is 2.52. The Morgan fingerprint density at radius 3 is 2.74 bits per heavy atom. The number of carbonyl (C=O) groups is 1. The van der Waals surface area contributed by atoms with Crippen LogP contribution in [0.15, 0.2) is 42.7 Å². The lowest BCUT2D eigenvalue weighted by molar-refractivity contribution is 0.129. The second-order valence-corrected chi connectivity index (χ2v) is 6.03. The van der Waals surface area contributed by atoms with E-state index in [1.807, 2.05) is 36.5 Å². The number of rotatable bonds is 4. The normalized spacial score (nSPS) is 21.8. The second kappa shape index (κ2) is 5.13. The zero-order valence-electron chi connectivity index (χ0n) is 12.6. The Kier molecular flexibility index (Phi) is 3.08. The second-order valence-electron chi connectivity index (χ2n) is 6.03. The first-order chi connectivity index (χ1) is 11.2. The largest absolute Gasteiger partial charge is 0.442 e.